The monoisotopic (exact) mass is 479 g/mol. The van der Waals surface area contributed by atoms with E-state index >= 15 is 0 Å². The Kier molecular flexibility index (Phi) is 6.26. The number of nitrogens with zero attached hydrogens (tertiary/aromatic N) is 2. The van der Waals surface area contributed by atoms with E-state index in [9.17, 15) is 0 Å². The third-order valence-corrected chi connectivity index (χ3v) is 6.96. The molecule has 180 valence electrons. The van der Waals surface area contributed by atoms with Crippen molar-refractivity contribution in [3.05, 3.63) is 144 Å². The van der Waals surface area contributed by atoms with Crippen LogP contribution in [-0.4, -0.2) is 17.4 Å². The van der Waals surface area contributed by atoms with E-state index in [0.717, 1.165) is 40.8 Å². The smallest absolute Gasteiger partial charge is 0.0710 e. The first-order valence-electron chi connectivity index (χ1n) is 12.8. The molecule has 3 nitrogen and oxygen atoms in total. The Morgan fingerprint density at radius 2 is 1.51 bits per heavy atom. The molecule has 0 atom stereocenters. The molecule has 0 bridgehead atoms. The zero-order valence-corrected chi connectivity index (χ0v) is 20.9. The maximum atomic E-state index is 4.64. The predicted octanol–water partition coefficient (Wildman–Crippen LogP) is 8.28. The molecule has 0 radical (unpaired) electrons. The van der Waals surface area contributed by atoms with Crippen LogP contribution < -0.4 is 5.43 Å². The lowest BCUT2D eigenvalue weighted by Gasteiger charge is -2.19. The normalized spacial score (nSPS) is 14.2. The molecule has 37 heavy (non-hydrogen) atoms. The Morgan fingerprint density at radius 3 is 2.27 bits per heavy atom. The first kappa shape index (κ1) is 22.8. The summed E-state index contributed by atoms with van der Waals surface area (Å²) >= 11 is 0. The van der Waals surface area contributed by atoms with Gasteiger partial charge < -0.3 is 0 Å². The van der Waals surface area contributed by atoms with Crippen molar-refractivity contribution < 1.29 is 0 Å². The Morgan fingerprint density at radius 1 is 0.784 bits per heavy atom. The van der Waals surface area contributed by atoms with E-state index in [4.69, 9.17) is 0 Å². The molecule has 4 aromatic carbocycles. The number of fused-ring (bicyclic) bond motifs is 3. The van der Waals surface area contributed by atoms with Gasteiger partial charge in [-0.2, -0.15) is 0 Å². The summed E-state index contributed by atoms with van der Waals surface area (Å²) in [4.78, 5) is 4.64. The molecule has 1 aliphatic rings. The van der Waals surface area contributed by atoms with Crippen LogP contribution in [0.25, 0.3) is 32.9 Å². The van der Waals surface area contributed by atoms with Crippen molar-refractivity contribution in [2.45, 2.75) is 12.8 Å². The van der Waals surface area contributed by atoms with E-state index in [-0.39, 0.29) is 0 Å². The van der Waals surface area contributed by atoms with E-state index in [1.54, 1.807) is 0 Å². The molecule has 1 N–H and O–H groups in total. The molecule has 0 unspecified atom stereocenters. The van der Waals surface area contributed by atoms with Gasteiger partial charge in [-0.15, -0.1) is 0 Å². The SMILES string of the molecule is CN=C(/C=C(\Nn1c2ccccc2c2cc(-c3ccccc3)ccc21)C1=CC=CCC1)c1ccccc1. The van der Waals surface area contributed by atoms with Gasteiger partial charge in [-0.25, -0.2) is 0 Å². The number of hydrogen-bond acceptors (Lipinski definition) is 2. The first-order valence-corrected chi connectivity index (χ1v) is 12.8. The number of aliphatic imine (C=N–C) groups is 1. The number of nitrogens with one attached hydrogen (secondary N) is 1. The van der Waals surface area contributed by atoms with Gasteiger partial charge in [-0.3, -0.25) is 15.1 Å². The quantitative estimate of drug-likeness (QED) is 0.244. The fourth-order valence-electron chi connectivity index (χ4n) is 5.07. The molecule has 1 heterocycles. The number of aromatic nitrogens is 1. The second-order valence-electron chi connectivity index (χ2n) is 9.25. The van der Waals surface area contributed by atoms with Gasteiger partial charge in [0.2, 0.25) is 0 Å². The van der Waals surface area contributed by atoms with Crippen LogP contribution in [-0.2, 0) is 0 Å². The Hall–Kier alpha value is -4.63. The molecular formula is C34H29N3. The highest BCUT2D eigenvalue weighted by Crippen LogP contribution is 2.33. The number of hydrogen-bond donors (Lipinski definition) is 1. The van der Waals surface area contributed by atoms with Gasteiger partial charge in [0.15, 0.2) is 0 Å². The van der Waals surface area contributed by atoms with Crippen molar-refractivity contribution in [3.8, 4) is 11.1 Å². The van der Waals surface area contributed by atoms with E-state index < -0.39 is 0 Å². The summed E-state index contributed by atoms with van der Waals surface area (Å²) < 4.78 is 2.22. The first-order chi connectivity index (χ1) is 18.3. The number of para-hydroxylation sites is 1. The minimum absolute atomic E-state index is 0.950. The largest absolute Gasteiger partial charge is 0.293 e. The molecule has 1 aromatic heterocycles. The zero-order chi connectivity index (χ0) is 25.0. The van der Waals surface area contributed by atoms with Crippen LogP contribution in [0.3, 0.4) is 0 Å². The van der Waals surface area contributed by atoms with Crippen LogP contribution in [0, 0.1) is 0 Å². The maximum Gasteiger partial charge on any atom is 0.0710 e. The standard InChI is InChI=1S/C34H29N3/c1-35-31(26-15-7-3-8-16-26)24-32(27-17-9-4-10-18-27)36-37-33-20-12-11-19-29(33)30-23-28(21-22-34(30)37)25-13-5-2-6-14-25/h2-9,11-17,19-24,36H,10,18H2,1H3/b32-24-,35-31?. The van der Waals surface area contributed by atoms with Crippen molar-refractivity contribution in [1.82, 2.24) is 4.68 Å². The van der Waals surface area contributed by atoms with Crippen LogP contribution in [0.2, 0.25) is 0 Å². The molecule has 5 aromatic rings. The van der Waals surface area contributed by atoms with Crippen molar-refractivity contribution in [2.24, 2.45) is 4.99 Å². The molecule has 0 aliphatic heterocycles. The average molecular weight is 480 g/mol. The van der Waals surface area contributed by atoms with Crippen LogP contribution in [0.4, 0.5) is 0 Å². The number of allylic oxidation sites excluding steroid dienone is 5. The molecule has 0 saturated heterocycles. The van der Waals surface area contributed by atoms with Crippen molar-refractivity contribution in [1.29, 1.82) is 0 Å². The van der Waals surface area contributed by atoms with Crippen LogP contribution in [0.15, 0.2) is 144 Å². The van der Waals surface area contributed by atoms with Gasteiger partial charge >= 0.3 is 0 Å². The minimum Gasteiger partial charge on any atom is -0.293 e. The lowest BCUT2D eigenvalue weighted by Crippen LogP contribution is -2.17. The second kappa shape index (κ2) is 10.2. The van der Waals surface area contributed by atoms with Gasteiger partial charge in [-0.1, -0.05) is 103 Å². The van der Waals surface area contributed by atoms with Gasteiger partial charge in [0.1, 0.15) is 0 Å². The van der Waals surface area contributed by atoms with E-state index in [2.05, 4.69) is 136 Å². The highest BCUT2D eigenvalue weighted by molar-refractivity contribution is 6.11. The molecule has 3 heteroatoms. The summed E-state index contributed by atoms with van der Waals surface area (Å²) in [5.41, 5.74) is 12.9. The average Bonchev–Trinajstić information content (AvgIpc) is 3.29. The van der Waals surface area contributed by atoms with E-state index in [1.807, 2.05) is 13.1 Å². The molecule has 1 aliphatic carbocycles. The Labute approximate surface area is 217 Å². The molecule has 0 fully saturated rings. The summed E-state index contributed by atoms with van der Waals surface area (Å²) in [6.07, 6.45) is 10.8. The summed E-state index contributed by atoms with van der Waals surface area (Å²) in [7, 11) is 1.86. The highest BCUT2D eigenvalue weighted by atomic mass is 15.4. The minimum atomic E-state index is 0.950. The van der Waals surface area contributed by atoms with Crippen LogP contribution in [0.1, 0.15) is 18.4 Å². The summed E-state index contributed by atoms with van der Waals surface area (Å²) in [6, 6.07) is 36.3. The topological polar surface area (TPSA) is 29.3 Å². The molecular weight excluding hydrogens is 450 g/mol. The summed E-state index contributed by atoms with van der Waals surface area (Å²) in [5, 5.41) is 2.46. The van der Waals surface area contributed by atoms with Crippen molar-refractivity contribution in [3.63, 3.8) is 0 Å². The van der Waals surface area contributed by atoms with Gasteiger partial charge in [0.05, 0.1) is 22.4 Å². The van der Waals surface area contributed by atoms with E-state index in [1.165, 1.54) is 27.5 Å². The summed E-state index contributed by atoms with van der Waals surface area (Å²) in [5.74, 6) is 0. The molecule has 0 amide bonds. The highest BCUT2D eigenvalue weighted by Gasteiger charge is 2.15. The lowest BCUT2D eigenvalue weighted by atomic mass is 10.00. The van der Waals surface area contributed by atoms with Gasteiger partial charge in [0.25, 0.3) is 0 Å². The molecule has 0 saturated carbocycles. The fraction of sp³-hybridized carbons (Fsp3) is 0.0882. The number of rotatable bonds is 6. The maximum absolute atomic E-state index is 4.64. The zero-order valence-electron chi connectivity index (χ0n) is 20.9. The van der Waals surface area contributed by atoms with E-state index in [0.29, 0.717) is 0 Å². The van der Waals surface area contributed by atoms with Crippen molar-refractivity contribution in [2.75, 3.05) is 12.5 Å². The Balaban J connectivity index is 1.51. The van der Waals surface area contributed by atoms with Gasteiger partial charge in [-0.05, 0) is 59.4 Å². The van der Waals surface area contributed by atoms with Crippen molar-refractivity contribution >= 4 is 27.5 Å². The third kappa shape index (κ3) is 4.52. The molecule has 0 spiro atoms. The predicted molar refractivity (Wildman–Crippen MR) is 158 cm³/mol. The third-order valence-electron chi connectivity index (χ3n) is 6.96. The summed E-state index contributed by atoms with van der Waals surface area (Å²) in [6.45, 7) is 0. The van der Waals surface area contributed by atoms with Crippen LogP contribution in [0.5, 0.6) is 0 Å². The number of benzene rings is 4. The van der Waals surface area contributed by atoms with Crippen LogP contribution >= 0.6 is 0 Å². The Bertz CT molecular complexity index is 1680. The fourth-order valence-corrected chi connectivity index (χ4v) is 5.07. The molecule has 6 rings (SSSR count). The van der Waals surface area contributed by atoms with Gasteiger partial charge in [0, 0.05) is 17.8 Å². The second-order valence-corrected chi connectivity index (χ2v) is 9.25. The lowest BCUT2D eigenvalue weighted by molar-refractivity contribution is 0.929.